The molecule has 1 aliphatic carbocycles. The molecule has 1 aliphatic rings. The van der Waals surface area contributed by atoms with Crippen LogP contribution in [0.4, 0.5) is 0 Å². The number of nitrogens with zero attached hydrogens (tertiary/aromatic N) is 2. The van der Waals surface area contributed by atoms with E-state index in [2.05, 4.69) is 22.2 Å². The smallest absolute Gasteiger partial charge is 0.244 e. The predicted molar refractivity (Wildman–Crippen MR) is 86.2 cm³/mol. The summed E-state index contributed by atoms with van der Waals surface area (Å²) < 4.78 is 0. The van der Waals surface area contributed by atoms with Gasteiger partial charge in [-0.1, -0.05) is 30.5 Å². The molecule has 1 saturated carbocycles. The number of carbonyl (C=O) groups is 1. The molecule has 1 amide bonds. The Hall–Kier alpha value is -1.39. The number of aromatic nitrogens is 1. The molecule has 0 saturated heterocycles. The molecule has 1 aromatic heterocycles. The molecule has 0 bridgehead atoms. The van der Waals surface area contributed by atoms with Gasteiger partial charge in [-0.2, -0.15) is 0 Å². The second kappa shape index (κ2) is 8.15. The van der Waals surface area contributed by atoms with Crippen LogP contribution in [0.1, 0.15) is 31.2 Å². The lowest BCUT2D eigenvalue weighted by molar-refractivity contribution is -0.116. The Bertz CT molecular complexity index is 481. The topological polar surface area (TPSA) is 45.2 Å². The molecule has 1 fully saturated rings. The number of likely N-dealkylation sites (N-methyl/N-ethyl adjacent to an activating group) is 1. The summed E-state index contributed by atoms with van der Waals surface area (Å²) in [4.78, 5) is 18.0. The summed E-state index contributed by atoms with van der Waals surface area (Å²) in [7, 11) is 2.14. The van der Waals surface area contributed by atoms with Crippen molar-refractivity contribution in [1.29, 1.82) is 0 Å². The Kier molecular flexibility index (Phi) is 6.21. The normalized spacial score (nSPS) is 16.0. The first-order valence-electron chi connectivity index (χ1n) is 7.43. The third-order valence-electron chi connectivity index (χ3n) is 3.89. The third kappa shape index (κ3) is 5.48. The van der Waals surface area contributed by atoms with Gasteiger partial charge in [-0.25, -0.2) is 4.98 Å². The minimum absolute atomic E-state index is 0.0789. The first-order chi connectivity index (χ1) is 10.1. The molecule has 21 heavy (non-hydrogen) atoms. The number of hydrogen-bond donors (Lipinski definition) is 1. The fourth-order valence-corrected chi connectivity index (χ4v) is 2.71. The molecule has 1 aromatic rings. The van der Waals surface area contributed by atoms with Gasteiger partial charge < -0.3 is 10.2 Å². The Balaban J connectivity index is 1.68. The molecule has 4 nitrogen and oxygen atoms in total. The number of rotatable bonds is 6. The van der Waals surface area contributed by atoms with E-state index >= 15 is 0 Å². The van der Waals surface area contributed by atoms with Crippen molar-refractivity contribution in [3.63, 3.8) is 0 Å². The second-order valence-corrected chi connectivity index (χ2v) is 5.84. The summed E-state index contributed by atoms with van der Waals surface area (Å²) in [5.74, 6) is -0.0789. The van der Waals surface area contributed by atoms with Crippen molar-refractivity contribution >= 4 is 23.6 Å². The first-order valence-corrected chi connectivity index (χ1v) is 7.80. The number of pyridine rings is 1. The van der Waals surface area contributed by atoms with Gasteiger partial charge in [0, 0.05) is 31.4 Å². The Labute approximate surface area is 131 Å². The largest absolute Gasteiger partial charge is 0.351 e. The van der Waals surface area contributed by atoms with Gasteiger partial charge in [0.2, 0.25) is 5.91 Å². The van der Waals surface area contributed by atoms with E-state index in [4.69, 9.17) is 11.6 Å². The number of carbonyl (C=O) groups excluding carboxylic acids is 1. The molecule has 0 atom stereocenters. The third-order valence-corrected chi connectivity index (χ3v) is 4.11. The average molecular weight is 308 g/mol. The second-order valence-electron chi connectivity index (χ2n) is 5.46. The van der Waals surface area contributed by atoms with Gasteiger partial charge in [0.15, 0.2) is 0 Å². The fourth-order valence-electron chi connectivity index (χ4n) is 2.60. The monoisotopic (exact) mass is 307 g/mol. The number of nitrogens with one attached hydrogen (secondary N) is 1. The number of halogens is 1. The minimum atomic E-state index is -0.0789. The van der Waals surface area contributed by atoms with Gasteiger partial charge in [-0.3, -0.25) is 4.79 Å². The summed E-state index contributed by atoms with van der Waals surface area (Å²) in [6.07, 6.45) is 10.1. The van der Waals surface area contributed by atoms with Crippen molar-refractivity contribution in [1.82, 2.24) is 15.2 Å². The lowest BCUT2D eigenvalue weighted by atomic mass is 10.2. The maximum absolute atomic E-state index is 11.7. The molecule has 0 aliphatic heterocycles. The molecular formula is C16H22ClN3O. The quantitative estimate of drug-likeness (QED) is 0.649. The van der Waals surface area contributed by atoms with Gasteiger partial charge in [-0.15, -0.1) is 0 Å². The molecule has 0 spiro atoms. The van der Waals surface area contributed by atoms with Crippen LogP contribution in [0, 0.1) is 0 Å². The SMILES string of the molecule is CN(CCNC(=O)/C=C/c1ccc(Cl)nc1)C1CCCC1. The highest BCUT2D eigenvalue weighted by Gasteiger charge is 2.18. The van der Waals surface area contributed by atoms with Crippen LogP contribution in [0.3, 0.4) is 0 Å². The van der Waals surface area contributed by atoms with Crippen molar-refractivity contribution in [2.75, 3.05) is 20.1 Å². The average Bonchev–Trinajstić information content (AvgIpc) is 3.01. The molecule has 1 heterocycles. The number of hydrogen-bond acceptors (Lipinski definition) is 3. The molecule has 5 heteroatoms. The molecule has 2 rings (SSSR count). The van der Waals surface area contributed by atoms with Gasteiger partial charge >= 0.3 is 0 Å². The van der Waals surface area contributed by atoms with Crippen LogP contribution < -0.4 is 5.32 Å². The van der Waals surface area contributed by atoms with Crippen LogP contribution in [0.5, 0.6) is 0 Å². The van der Waals surface area contributed by atoms with Gasteiger partial charge in [-0.05, 0) is 37.6 Å². The minimum Gasteiger partial charge on any atom is -0.351 e. The van der Waals surface area contributed by atoms with Crippen molar-refractivity contribution in [3.8, 4) is 0 Å². The van der Waals surface area contributed by atoms with Gasteiger partial charge in [0.05, 0.1) is 0 Å². The van der Waals surface area contributed by atoms with E-state index in [9.17, 15) is 4.79 Å². The first kappa shape index (κ1) is 16.0. The van der Waals surface area contributed by atoms with E-state index in [1.807, 2.05) is 6.07 Å². The van der Waals surface area contributed by atoms with Crippen LogP contribution in [-0.2, 0) is 4.79 Å². The fraction of sp³-hybridized carbons (Fsp3) is 0.500. The highest BCUT2D eigenvalue weighted by molar-refractivity contribution is 6.29. The van der Waals surface area contributed by atoms with Crippen LogP contribution in [-0.4, -0.2) is 42.0 Å². The van der Waals surface area contributed by atoms with E-state index in [0.717, 1.165) is 12.1 Å². The molecular weight excluding hydrogens is 286 g/mol. The summed E-state index contributed by atoms with van der Waals surface area (Å²) in [6, 6.07) is 4.22. The molecule has 1 N–H and O–H groups in total. The number of amides is 1. The van der Waals surface area contributed by atoms with Crippen LogP contribution in [0.15, 0.2) is 24.4 Å². The zero-order valence-electron chi connectivity index (χ0n) is 12.4. The van der Waals surface area contributed by atoms with E-state index in [0.29, 0.717) is 17.7 Å². The van der Waals surface area contributed by atoms with Crippen LogP contribution in [0.25, 0.3) is 6.08 Å². The van der Waals surface area contributed by atoms with Crippen molar-refractivity contribution in [2.45, 2.75) is 31.7 Å². The standard InChI is InChI=1S/C16H22ClN3O/c1-20(14-4-2-3-5-14)11-10-18-16(21)9-7-13-6-8-15(17)19-12-13/h6-9,12,14H,2-5,10-11H2,1H3,(H,18,21)/b9-7+. The summed E-state index contributed by atoms with van der Waals surface area (Å²) in [5, 5.41) is 3.36. The Morgan fingerprint density at radius 3 is 2.90 bits per heavy atom. The highest BCUT2D eigenvalue weighted by Crippen LogP contribution is 2.21. The maximum atomic E-state index is 11.7. The van der Waals surface area contributed by atoms with Crippen molar-refractivity contribution < 1.29 is 4.79 Å². The molecule has 114 valence electrons. The van der Waals surface area contributed by atoms with Crippen molar-refractivity contribution in [3.05, 3.63) is 35.1 Å². The zero-order chi connectivity index (χ0) is 15.1. The summed E-state index contributed by atoms with van der Waals surface area (Å²) in [5.41, 5.74) is 0.859. The van der Waals surface area contributed by atoms with Crippen LogP contribution >= 0.6 is 11.6 Å². The highest BCUT2D eigenvalue weighted by atomic mass is 35.5. The van der Waals surface area contributed by atoms with E-state index < -0.39 is 0 Å². The maximum Gasteiger partial charge on any atom is 0.244 e. The predicted octanol–water partition coefficient (Wildman–Crippen LogP) is 2.74. The Morgan fingerprint density at radius 2 is 2.24 bits per heavy atom. The lowest BCUT2D eigenvalue weighted by Gasteiger charge is -2.23. The molecule has 0 unspecified atom stereocenters. The zero-order valence-corrected chi connectivity index (χ0v) is 13.1. The Morgan fingerprint density at radius 1 is 1.48 bits per heavy atom. The summed E-state index contributed by atoms with van der Waals surface area (Å²) >= 11 is 5.71. The summed E-state index contributed by atoms with van der Waals surface area (Å²) in [6.45, 7) is 1.57. The van der Waals surface area contributed by atoms with Crippen LogP contribution in [0.2, 0.25) is 5.15 Å². The van der Waals surface area contributed by atoms with E-state index in [1.54, 1.807) is 18.3 Å². The van der Waals surface area contributed by atoms with Gasteiger partial charge in [0.1, 0.15) is 5.15 Å². The van der Waals surface area contributed by atoms with Crippen molar-refractivity contribution in [2.24, 2.45) is 0 Å². The molecule has 0 radical (unpaired) electrons. The lowest BCUT2D eigenvalue weighted by Crippen LogP contribution is -2.36. The van der Waals surface area contributed by atoms with E-state index in [-0.39, 0.29) is 5.91 Å². The molecule has 0 aromatic carbocycles. The van der Waals surface area contributed by atoms with E-state index in [1.165, 1.54) is 31.8 Å². The van der Waals surface area contributed by atoms with Gasteiger partial charge in [0.25, 0.3) is 0 Å².